The summed E-state index contributed by atoms with van der Waals surface area (Å²) in [5, 5.41) is 0. The second kappa shape index (κ2) is 24.5. The van der Waals surface area contributed by atoms with Crippen LogP contribution in [0, 0.1) is 62.2 Å². The molecule has 0 spiro atoms. The van der Waals surface area contributed by atoms with Gasteiger partial charge in [0.05, 0.1) is 0 Å². The van der Waals surface area contributed by atoms with E-state index in [1.165, 1.54) is 92.7 Å². The molecule has 10 rings (SSSR count). The van der Waals surface area contributed by atoms with Crippen LogP contribution in [0.15, 0.2) is 128 Å². The molecule has 4 aromatic carbocycles. The third-order valence-electron chi connectivity index (χ3n) is 14.6. The molecule has 0 bridgehead atoms. The fourth-order valence-corrected chi connectivity index (χ4v) is 10.4. The van der Waals surface area contributed by atoms with E-state index in [1.54, 1.807) is 60.1 Å². The van der Waals surface area contributed by atoms with Crippen LogP contribution in [0.2, 0.25) is 0 Å². The van der Waals surface area contributed by atoms with E-state index >= 15 is 0 Å². The highest BCUT2D eigenvalue weighted by atomic mass is 14.9. The highest BCUT2D eigenvalue weighted by Gasteiger charge is 2.22. The van der Waals surface area contributed by atoms with E-state index in [0.717, 1.165) is 40.1 Å². The predicted molar refractivity (Wildman–Crippen MR) is 307 cm³/mol. The van der Waals surface area contributed by atoms with Crippen LogP contribution < -0.4 is 18.3 Å². The first-order chi connectivity index (χ1) is 38.3. The van der Waals surface area contributed by atoms with Gasteiger partial charge in [0.25, 0.3) is 0 Å². The lowest BCUT2D eigenvalue weighted by Crippen LogP contribution is -2.32. The monoisotopic (exact) mass is 980 g/mol. The van der Waals surface area contributed by atoms with Gasteiger partial charge in [-0.2, -0.15) is 0 Å². The van der Waals surface area contributed by atoms with Crippen molar-refractivity contribution in [2.45, 2.75) is 140 Å². The van der Waals surface area contributed by atoms with Gasteiger partial charge >= 0.3 is 0 Å². The molecule has 4 heteroatoms. The number of nitrogens with zero attached hydrogens (tertiary/aromatic N) is 4. The number of aryl methyl sites for hydroxylation is 19. The van der Waals surface area contributed by atoms with Crippen LogP contribution in [0.25, 0.3) is 45.0 Å². The summed E-state index contributed by atoms with van der Waals surface area (Å²) in [7, 11) is 8.07. The summed E-state index contributed by atoms with van der Waals surface area (Å²) in [4.78, 5) is 0. The van der Waals surface area contributed by atoms with Crippen LogP contribution in [0.5, 0.6) is 0 Å². The van der Waals surface area contributed by atoms with Crippen molar-refractivity contribution >= 4 is 0 Å². The van der Waals surface area contributed by atoms with Gasteiger partial charge in [-0.25, -0.2) is 18.3 Å². The molecule has 0 saturated carbocycles. The van der Waals surface area contributed by atoms with Crippen molar-refractivity contribution in [3.05, 3.63) is 211 Å². The molecule has 0 atom stereocenters. The minimum absolute atomic E-state index is 0.136. The standard InChI is InChI=1S/2C18H22N.C17H22N.C16H20N/c2*1-13-8-9-17(14(2)10-13)18-11-15-6-4-5-7-16(15)12-19(18)3;1-6-15-11-18(5)17(10-13(15)3)16-8-7-12(2)9-14(16)4;1-5-14-11-17(4)16(10-13(14)3)15-9-7-6-8-12(15)2/h2*8-12H,4-7H2,1-3H3;7-11H,6H2,1-5H3;6-11H,5H2,1-4H3/q4*+1/i1D3,6D2,7D2;;;5D2. The smallest absolute Gasteiger partial charge is 0.201 e. The fraction of sp³-hybridized carbons (Fsp3) is 0.362. The van der Waals surface area contributed by atoms with E-state index in [4.69, 9.17) is 12.3 Å². The van der Waals surface area contributed by atoms with E-state index in [-0.39, 0.29) is 18.4 Å². The highest BCUT2D eigenvalue weighted by Crippen LogP contribution is 2.29. The highest BCUT2D eigenvalue weighted by molar-refractivity contribution is 5.65. The van der Waals surface area contributed by atoms with Crippen molar-refractivity contribution in [1.29, 1.82) is 0 Å². The summed E-state index contributed by atoms with van der Waals surface area (Å²) in [6.45, 7) is 18.4. The Labute approximate surface area is 453 Å². The van der Waals surface area contributed by atoms with Gasteiger partial charge in [-0.3, -0.25) is 0 Å². The van der Waals surface area contributed by atoms with E-state index in [1.807, 2.05) is 43.8 Å². The van der Waals surface area contributed by atoms with E-state index in [2.05, 4.69) is 151 Å². The molecule has 378 valence electrons. The second-order valence-electron chi connectivity index (χ2n) is 20.4. The average molecular weight is 981 g/mol. The molecule has 0 unspecified atom stereocenters. The van der Waals surface area contributed by atoms with Gasteiger partial charge in [0.2, 0.25) is 22.8 Å². The Hall–Kier alpha value is -6.52. The number of benzene rings is 4. The quantitative estimate of drug-likeness (QED) is 0.148. The number of fused-ring (bicyclic) bond motifs is 2. The third-order valence-corrected chi connectivity index (χ3v) is 14.6. The van der Waals surface area contributed by atoms with Crippen LogP contribution in [-0.2, 0) is 66.6 Å². The molecular formula is C69H86N4+4. The van der Waals surface area contributed by atoms with Gasteiger partial charge in [0, 0.05) is 81.1 Å². The zero-order valence-corrected chi connectivity index (χ0v) is 46.4. The Morgan fingerprint density at radius 2 is 0.836 bits per heavy atom. The Morgan fingerprint density at radius 1 is 0.411 bits per heavy atom. The Balaban J connectivity index is 0.000000159. The minimum Gasteiger partial charge on any atom is -0.201 e. The third kappa shape index (κ3) is 13.2. The maximum absolute atomic E-state index is 8.30. The Bertz CT molecular complexity index is 3650. The molecule has 4 aromatic heterocycles. The number of pyridine rings is 4. The lowest BCUT2D eigenvalue weighted by atomic mass is 9.91. The van der Waals surface area contributed by atoms with Crippen LogP contribution in [0.3, 0.4) is 0 Å². The molecule has 73 heavy (non-hydrogen) atoms. The second-order valence-corrected chi connectivity index (χ2v) is 20.4. The van der Waals surface area contributed by atoms with Crippen LogP contribution >= 0.6 is 0 Å². The topological polar surface area (TPSA) is 15.5 Å². The van der Waals surface area contributed by atoms with Crippen LogP contribution in [0.4, 0.5) is 0 Å². The van der Waals surface area contributed by atoms with Crippen molar-refractivity contribution in [3.63, 3.8) is 0 Å². The summed E-state index contributed by atoms with van der Waals surface area (Å²) in [5.74, 6) is 0. The molecule has 0 N–H and O–H groups in total. The van der Waals surface area contributed by atoms with E-state index in [9.17, 15) is 0 Å². The number of rotatable bonds is 6. The molecule has 2 aliphatic carbocycles. The molecule has 0 aliphatic heterocycles. The molecular weight excluding hydrogens is 885 g/mol. The number of aromatic nitrogens is 4. The Kier molecular flexibility index (Phi) is 14.4. The summed E-state index contributed by atoms with van der Waals surface area (Å²) in [5.41, 5.74) is 25.2. The van der Waals surface area contributed by atoms with Crippen molar-refractivity contribution in [1.82, 2.24) is 0 Å². The zero-order chi connectivity index (χ0) is 60.4. The first kappa shape index (κ1) is 42.9. The van der Waals surface area contributed by atoms with E-state index < -0.39 is 26.0 Å². The molecule has 0 fully saturated rings. The van der Waals surface area contributed by atoms with Crippen molar-refractivity contribution in [2.24, 2.45) is 28.2 Å². The summed E-state index contributed by atoms with van der Waals surface area (Å²) in [6.07, 6.45) is 10.2. The largest absolute Gasteiger partial charge is 0.212 e. The van der Waals surface area contributed by atoms with Gasteiger partial charge in [-0.15, -0.1) is 0 Å². The SMILES string of the molecule is CCc1c[n+](C)c(-c2ccc(C)cc2C)cc1C.Cc1ccc(-c2cc3c(c[n+]2C)CCCC3)c(C)c1.[2H]C([2H])(C)c1c[n+](C)c(-c2ccccc2C)cc1C.[2H]C([2H])([2H])c1ccc(-c2cc3c(c[n+]2C)C([2H])([2H])CCC3([2H])[2H])c(C)c1. The number of hydrogen-bond acceptors (Lipinski definition) is 0. The lowest BCUT2D eigenvalue weighted by molar-refractivity contribution is -0.661. The lowest BCUT2D eigenvalue weighted by Gasteiger charge is -2.15. The maximum Gasteiger partial charge on any atom is 0.212 e. The molecule has 0 radical (unpaired) electrons. The average Bonchev–Trinajstić information content (AvgIpc) is 3.51. The molecule has 8 aromatic rings. The maximum atomic E-state index is 8.30. The first-order valence-electron chi connectivity index (χ1n) is 30.7. The van der Waals surface area contributed by atoms with E-state index in [0.29, 0.717) is 11.1 Å². The predicted octanol–water partition coefficient (Wildman–Crippen LogP) is 14.4. The summed E-state index contributed by atoms with van der Waals surface area (Å²) in [6, 6.07) is 35.1. The van der Waals surface area contributed by atoms with Gasteiger partial charge < -0.3 is 0 Å². The summed E-state index contributed by atoms with van der Waals surface area (Å²) < 4.78 is 79.8. The molecule has 4 heterocycles. The minimum atomic E-state index is -2.17. The van der Waals surface area contributed by atoms with Gasteiger partial charge in [-0.05, 0) is 195 Å². The Morgan fingerprint density at radius 3 is 1.36 bits per heavy atom. The fourth-order valence-electron chi connectivity index (χ4n) is 10.4. The normalized spacial score (nSPS) is 16.1. The van der Waals surface area contributed by atoms with Gasteiger partial charge in [0.15, 0.2) is 24.8 Å². The molecule has 0 amide bonds. The molecule has 0 saturated heterocycles. The first-order valence-corrected chi connectivity index (χ1v) is 26.2. The number of hydrogen-bond donors (Lipinski definition) is 0. The molecule has 4 nitrogen and oxygen atoms in total. The molecule has 2 aliphatic rings. The van der Waals surface area contributed by atoms with Gasteiger partial charge in [0.1, 0.15) is 28.2 Å². The van der Waals surface area contributed by atoms with Gasteiger partial charge in [-0.1, -0.05) is 85.1 Å². The summed E-state index contributed by atoms with van der Waals surface area (Å²) >= 11 is 0. The van der Waals surface area contributed by atoms with Crippen molar-refractivity contribution in [3.8, 4) is 45.0 Å². The van der Waals surface area contributed by atoms with Crippen LogP contribution in [0.1, 0.15) is 135 Å². The van der Waals surface area contributed by atoms with Crippen LogP contribution in [-0.4, -0.2) is 0 Å². The van der Waals surface area contributed by atoms with Crippen molar-refractivity contribution in [2.75, 3.05) is 0 Å². The zero-order valence-electron chi connectivity index (χ0n) is 55.4. The van der Waals surface area contributed by atoms with Crippen molar-refractivity contribution < 1.29 is 30.6 Å².